The van der Waals surface area contributed by atoms with Gasteiger partial charge in [0.15, 0.2) is 10.9 Å². The molecule has 31 heavy (non-hydrogen) atoms. The number of hydrogen-bond acceptors (Lipinski definition) is 5. The highest BCUT2D eigenvalue weighted by Crippen LogP contribution is 2.54. The third-order valence-electron chi connectivity index (χ3n) is 5.73. The van der Waals surface area contributed by atoms with E-state index in [-0.39, 0.29) is 5.25 Å². The van der Waals surface area contributed by atoms with Crippen molar-refractivity contribution in [1.29, 1.82) is 0 Å². The van der Waals surface area contributed by atoms with Crippen molar-refractivity contribution in [2.75, 3.05) is 19.1 Å². The number of hydrogen-bond donors (Lipinski definition) is 1. The maximum absolute atomic E-state index is 12.1. The number of nitrogens with zero attached hydrogens (tertiary/aromatic N) is 2. The Morgan fingerprint density at radius 2 is 1.65 bits per heavy atom. The molecular weight excluding hydrogens is 432 g/mol. The highest BCUT2D eigenvalue weighted by molar-refractivity contribution is 8.15. The largest absolute Gasteiger partial charge is 0.497 e. The van der Waals surface area contributed by atoms with Crippen molar-refractivity contribution in [2.24, 2.45) is 4.99 Å². The molecule has 0 radical (unpaired) electrons. The van der Waals surface area contributed by atoms with Crippen LogP contribution in [-0.2, 0) is 12.1 Å². The minimum absolute atomic E-state index is 0.0972. The zero-order valence-corrected chi connectivity index (χ0v) is 18.7. The number of ether oxygens (including phenoxy) is 2. The van der Waals surface area contributed by atoms with Crippen molar-refractivity contribution < 1.29 is 14.6 Å². The predicted molar refractivity (Wildman–Crippen MR) is 126 cm³/mol. The summed E-state index contributed by atoms with van der Waals surface area (Å²) in [7, 11) is 3.28. The van der Waals surface area contributed by atoms with E-state index in [0.717, 1.165) is 39.2 Å². The lowest BCUT2D eigenvalue weighted by Crippen LogP contribution is -2.46. The number of methoxy groups -OCH3 is 2. The Bertz CT molecular complexity index is 1150. The number of aliphatic hydroxyl groups is 1. The van der Waals surface area contributed by atoms with Gasteiger partial charge in [-0.1, -0.05) is 29.4 Å². The molecule has 0 spiro atoms. The van der Waals surface area contributed by atoms with Crippen LogP contribution in [0.5, 0.6) is 11.5 Å². The molecule has 3 aromatic carbocycles. The third kappa shape index (κ3) is 3.35. The molecule has 1 heterocycles. The third-order valence-corrected chi connectivity index (χ3v) is 7.23. The first-order chi connectivity index (χ1) is 15.0. The highest BCUT2D eigenvalue weighted by atomic mass is 35.5. The van der Waals surface area contributed by atoms with Crippen LogP contribution < -0.4 is 14.4 Å². The highest BCUT2D eigenvalue weighted by Gasteiger charge is 2.57. The number of fused-ring (bicyclic) bond motifs is 3. The molecule has 2 unspecified atom stereocenters. The van der Waals surface area contributed by atoms with Gasteiger partial charge in [0.05, 0.1) is 25.2 Å². The summed E-state index contributed by atoms with van der Waals surface area (Å²) in [5, 5.41) is 13.4. The average molecular weight is 453 g/mol. The molecule has 1 N–H and O–H groups in total. The molecular formula is C24H21ClN2O3S. The fourth-order valence-electron chi connectivity index (χ4n) is 4.20. The second-order valence-corrected chi connectivity index (χ2v) is 9.07. The molecule has 5 rings (SSSR count). The number of anilines is 1. The van der Waals surface area contributed by atoms with Crippen molar-refractivity contribution in [3.05, 3.63) is 82.9 Å². The molecule has 0 bridgehead atoms. The summed E-state index contributed by atoms with van der Waals surface area (Å²) in [5.41, 5.74) is 2.35. The molecule has 158 valence electrons. The van der Waals surface area contributed by atoms with Gasteiger partial charge in [0, 0.05) is 16.3 Å². The van der Waals surface area contributed by atoms with E-state index in [0.29, 0.717) is 11.4 Å². The molecule has 1 aliphatic heterocycles. The van der Waals surface area contributed by atoms with Crippen LogP contribution in [0, 0.1) is 0 Å². The van der Waals surface area contributed by atoms with Crippen LogP contribution in [0.25, 0.3) is 0 Å². The molecule has 2 atom stereocenters. The topological polar surface area (TPSA) is 54.3 Å². The summed E-state index contributed by atoms with van der Waals surface area (Å²) in [6.45, 7) is 0. The minimum Gasteiger partial charge on any atom is -0.497 e. The van der Waals surface area contributed by atoms with Gasteiger partial charge < -0.3 is 14.6 Å². The Morgan fingerprint density at radius 1 is 1.00 bits per heavy atom. The van der Waals surface area contributed by atoms with Crippen LogP contribution in [0.2, 0.25) is 5.02 Å². The van der Waals surface area contributed by atoms with Crippen LogP contribution in [0.3, 0.4) is 0 Å². The molecule has 0 saturated carbocycles. The first kappa shape index (κ1) is 20.2. The van der Waals surface area contributed by atoms with Gasteiger partial charge in [0.2, 0.25) is 0 Å². The van der Waals surface area contributed by atoms with Crippen molar-refractivity contribution in [2.45, 2.75) is 17.4 Å². The van der Waals surface area contributed by atoms with Gasteiger partial charge in [-0.3, -0.25) is 4.90 Å². The minimum atomic E-state index is -1.22. The van der Waals surface area contributed by atoms with E-state index >= 15 is 0 Å². The lowest BCUT2D eigenvalue weighted by molar-refractivity contribution is 0.0593. The standard InChI is InChI=1S/C24H21ClN2O3S/c1-29-19-8-4-17(5-9-19)26-23-27(18-6-10-20(30-2)11-7-18)24(28)21-12-3-16(25)13-15(21)14-22(24)31-23/h3-13,22,28H,14H2,1-2H3/b26-23-. The molecule has 3 aromatic rings. The first-order valence-corrected chi connectivity index (χ1v) is 11.1. The smallest absolute Gasteiger partial charge is 0.183 e. The molecule has 1 aliphatic carbocycles. The lowest BCUT2D eigenvalue weighted by atomic mass is 10.0. The molecule has 2 aliphatic rings. The second-order valence-electron chi connectivity index (χ2n) is 7.46. The molecule has 0 amide bonds. The zero-order valence-electron chi connectivity index (χ0n) is 17.1. The molecule has 0 aromatic heterocycles. The average Bonchev–Trinajstić information content (AvgIpc) is 3.21. The lowest BCUT2D eigenvalue weighted by Gasteiger charge is -2.35. The van der Waals surface area contributed by atoms with Gasteiger partial charge in [-0.2, -0.15) is 0 Å². The van der Waals surface area contributed by atoms with Crippen LogP contribution in [0.4, 0.5) is 11.4 Å². The first-order valence-electron chi connectivity index (χ1n) is 9.88. The van der Waals surface area contributed by atoms with Crippen LogP contribution >= 0.6 is 23.4 Å². The van der Waals surface area contributed by atoms with Gasteiger partial charge >= 0.3 is 0 Å². The normalized spacial score (nSPS) is 23.0. The van der Waals surface area contributed by atoms with Crippen molar-refractivity contribution in [1.82, 2.24) is 0 Å². The monoisotopic (exact) mass is 452 g/mol. The number of thioether (sulfide) groups is 1. The number of aliphatic imine (C=N–C) groups is 1. The zero-order chi connectivity index (χ0) is 21.6. The van der Waals surface area contributed by atoms with Gasteiger partial charge in [-0.05, 0) is 72.6 Å². The Kier molecular flexibility index (Phi) is 5.08. The van der Waals surface area contributed by atoms with E-state index in [2.05, 4.69) is 0 Å². The molecule has 5 nitrogen and oxygen atoms in total. The summed E-state index contributed by atoms with van der Waals surface area (Å²) in [4.78, 5) is 6.81. The Hall–Kier alpha value is -2.67. The fraction of sp³-hybridized carbons (Fsp3) is 0.208. The second kappa shape index (κ2) is 7.79. The Balaban J connectivity index is 1.63. The summed E-state index contributed by atoms with van der Waals surface area (Å²) >= 11 is 7.80. The van der Waals surface area contributed by atoms with E-state index in [1.807, 2.05) is 71.6 Å². The van der Waals surface area contributed by atoms with Gasteiger partial charge in [-0.25, -0.2) is 4.99 Å². The van der Waals surface area contributed by atoms with E-state index in [9.17, 15) is 5.11 Å². The van der Waals surface area contributed by atoms with Gasteiger partial charge in [0.25, 0.3) is 0 Å². The number of halogens is 1. The summed E-state index contributed by atoms with van der Waals surface area (Å²) in [6.07, 6.45) is 0.714. The number of benzene rings is 3. The summed E-state index contributed by atoms with van der Waals surface area (Å²) < 4.78 is 10.6. The van der Waals surface area contributed by atoms with Crippen LogP contribution in [0.1, 0.15) is 11.1 Å². The van der Waals surface area contributed by atoms with Crippen LogP contribution in [0.15, 0.2) is 71.7 Å². The quantitative estimate of drug-likeness (QED) is 0.576. The van der Waals surface area contributed by atoms with E-state index in [1.54, 1.807) is 26.0 Å². The van der Waals surface area contributed by atoms with Crippen molar-refractivity contribution in [3.63, 3.8) is 0 Å². The van der Waals surface area contributed by atoms with E-state index in [1.165, 1.54) is 0 Å². The fourth-order valence-corrected chi connectivity index (χ4v) is 5.82. The Morgan fingerprint density at radius 3 is 2.29 bits per heavy atom. The molecule has 1 fully saturated rings. The number of amidine groups is 1. The predicted octanol–water partition coefficient (Wildman–Crippen LogP) is 5.37. The maximum atomic E-state index is 12.1. The number of rotatable bonds is 4. The summed E-state index contributed by atoms with van der Waals surface area (Å²) in [6, 6.07) is 20.9. The molecule has 1 saturated heterocycles. The van der Waals surface area contributed by atoms with Crippen LogP contribution in [-0.4, -0.2) is 29.7 Å². The van der Waals surface area contributed by atoms with Gasteiger partial charge in [-0.15, -0.1) is 0 Å². The van der Waals surface area contributed by atoms with E-state index < -0.39 is 5.72 Å². The van der Waals surface area contributed by atoms with Crippen molar-refractivity contribution >= 4 is 39.9 Å². The van der Waals surface area contributed by atoms with Gasteiger partial charge in [0.1, 0.15) is 11.5 Å². The van der Waals surface area contributed by atoms with Crippen molar-refractivity contribution in [3.8, 4) is 11.5 Å². The SMILES string of the molecule is COc1ccc(/N=C2\SC3Cc4cc(Cl)ccc4C3(O)N2c2ccc(OC)cc2)cc1. The van der Waals surface area contributed by atoms with E-state index in [4.69, 9.17) is 26.1 Å². The maximum Gasteiger partial charge on any atom is 0.183 e. The summed E-state index contributed by atoms with van der Waals surface area (Å²) in [5.74, 6) is 1.53. The molecule has 7 heteroatoms. The Labute approximate surface area is 190 Å².